The summed E-state index contributed by atoms with van der Waals surface area (Å²) in [7, 11) is 0. The number of rotatable bonds is 3. The molecule has 0 aliphatic heterocycles. The van der Waals surface area contributed by atoms with Gasteiger partial charge in [0.15, 0.2) is 0 Å². The highest BCUT2D eigenvalue weighted by molar-refractivity contribution is 5.94. The summed E-state index contributed by atoms with van der Waals surface area (Å²) in [4.78, 5) is 28.5. The number of H-pyrrole nitrogens is 1. The van der Waals surface area contributed by atoms with Gasteiger partial charge in [-0.2, -0.15) is 5.10 Å². The van der Waals surface area contributed by atoms with Crippen LogP contribution in [0.1, 0.15) is 0 Å². The summed E-state index contributed by atoms with van der Waals surface area (Å²) in [6, 6.07) is 12.7. The molecule has 0 atom stereocenters. The molecule has 4 rings (SSSR count). The number of carbonyl (C=O) groups is 1. The maximum atomic E-state index is 12.3. The van der Waals surface area contributed by atoms with Gasteiger partial charge in [-0.3, -0.25) is 19.3 Å². The third-order valence-electron chi connectivity index (χ3n) is 3.78. The molecule has 118 valence electrons. The number of carbonyl (C=O) groups excluding carboxylic acids is 1. The van der Waals surface area contributed by atoms with E-state index in [2.05, 4.69) is 20.5 Å². The highest BCUT2D eigenvalue weighted by atomic mass is 16.2. The molecule has 0 bridgehead atoms. The number of nitrogens with one attached hydrogen (secondary N) is 2. The molecule has 0 radical (unpaired) electrons. The second-order valence-electron chi connectivity index (χ2n) is 5.39. The average Bonchev–Trinajstić information content (AvgIpc) is 3.05. The fourth-order valence-corrected chi connectivity index (χ4v) is 2.64. The van der Waals surface area contributed by atoms with Crippen LogP contribution < -0.4 is 10.9 Å². The monoisotopic (exact) mass is 319 g/mol. The van der Waals surface area contributed by atoms with E-state index in [4.69, 9.17) is 0 Å². The van der Waals surface area contributed by atoms with Gasteiger partial charge in [-0.15, -0.1) is 0 Å². The summed E-state index contributed by atoms with van der Waals surface area (Å²) < 4.78 is 1.41. The number of amides is 1. The van der Waals surface area contributed by atoms with Crippen molar-refractivity contribution in [1.29, 1.82) is 0 Å². The largest absolute Gasteiger partial charge is 0.325 e. The molecule has 0 fully saturated rings. The zero-order valence-electron chi connectivity index (χ0n) is 12.6. The van der Waals surface area contributed by atoms with E-state index in [1.165, 1.54) is 10.8 Å². The Hall–Kier alpha value is -3.48. The fourth-order valence-electron chi connectivity index (χ4n) is 2.64. The SMILES string of the molecule is O=C(Cn1c(=O)cnc2ccccc21)Nc1ccc2[nH]ncc2c1. The first-order valence-corrected chi connectivity index (χ1v) is 7.38. The van der Waals surface area contributed by atoms with Gasteiger partial charge in [-0.1, -0.05) is 12.1 Å². The third kappa shape index (κ3) is 2.52. The number of benzene rings is 2. The molecule has 7 heteroatoms. The highest BCUT2D eigenvalue weighted by Gasteiger charge is 2.09. The summed E-state index contributed by atoms with van der Waals surface area (Å²) in [5, 5.41) is 10.5. The van der Waals surface area contributed by atoms with Gasteiger partial charge in [0.1, 0.15) is 6.54 Å². The quantitative estimate of drug-likeness (QED) is 0.603. The van der Waals surface area contributed by atoms with E-state index >= 15 is 0 Å². The van der Waals surface area contributed by atoms with Crippen LogP contribution in [-0.4, -0.2) is 25.7 Å². The van der Waals surface area contributed by atoms with Gasteiger partial charge in [0.2, 0.25) is 5.91 Å². The maximum Gasteiger partial charge on any atom is 0.269 e. The molecule has 24 heavy (non-hydrogen) atoms. The molecule has 0 unspecified atom stereocenters. The first-order chi connectivity index (χ1) is 11.7. The molecule has 0 spiro atoms. The maximum absolute atomic E-state index is 12.3. The van der Waals surface area contributed by atoms with Gasteiger partial charge < -0.3 is 5.32 Å². The van der Waals surface area contributed by atoms with E-state index < -0.39 is 0 Å². The normalized spacial score (nSPS) is 11.0. The van der Waals surface area contributed by atoms with Crippen molar-refractivity contribution in [3.05, 3.63) is 65.2 Å². The molecule has 0 saturated carbocycles. The fraction of sp³-hybridized carbons (Fsp3) is 0.0588. The molecule has 2 heterocycles. The minimum absolute atomic E-state index is 0.0781. The molecule has 0 aliphatic carbocycles. The van der Waals surface area contributed by atoms with Gasteiger partial charge in [0.05, 0.1) is 28.9 Å². The van der Waals surface area contributed by atoms with E-state index in [9.17, 15) is 9.59 Å². The van der Waals surface area contributed by atoms with Crippen molar-refractivity contribution in [2.24, 2.45) is 0 Å². The number of aromatic nitrogens is 4. The molecule has 0 aliphatic rings. The van der Waals surface area contributed by atoms with Crippen LogP contribution in [0.15, 0.2) is 59.7 Å². The Morgan fingerprint density at radius 2 is 2.04 bits per heavy atom. The second kappa shape index (κ2) is 5.62. The van der Waals surface area contributed by atoms with Crippen LogP contribution in [0.2, 0.25) is 0 Å². The van der Waals surface area contributed by atoms with E-state index in [1.807, 2.05) is 24.3 Å². The van der Waals surface area contributed by atoms with Crippen molar-refractivity contribution in [2.75, 3.05) is 5.32 Å². The van der Waals surface area contributed by atoms with Gasteiger partial charge in [0, 0.05) is 11.1 Å². The number of nitrogens with zero attached hydrogens (tertiary/aromatic N) is 3. The van der Waals surface area contributed by atoms with Crippen molar-refractivity contribution in [1.82, 2.24) is 19.7 Å². The summed E-state index contributed by atoms with van der Waals surface area (Å²) >= 11 is 0. The van der Waals surface area contributed by atoms with Gasteiger partial charge >= 0.3 is 0 Å². The van der Waals surface area contributed by atoms with Gasteiger partial charge in [0.25, 0.3) is 5.56 Å². The summed E-state index contributed by atoms with van der Waals surface area (Å²) in [5.74, 6) is -0.281. The van der Waals surface area contributed by atoms with Crippen LogP contribution in [0.25, 0.3) is 21.9 Å². The smallest absolute Gasteiger partial charge is 0.269 e. The van der Waals surface area contributed by atoms with Crippen molar-refractivity contribution in [3.63, 3.8) is 0 Å². The van der Waals surface area contributed by atoms with Crippen LogP contribution in [0.3, 0.4) is 0 Å². The zero-order valence-corrected chi connectivity index (χ0v) is 12.6. The lowest BCUT2D eigenvalue weighted by atomic mass is 10.2. The number of hydrogen-bond donors (Lipinski definition) is 2. The molecule has 7 nitrogen and oxygen atoms in total. The third-order valence-corrected chi connectivity index (χ3v) is 3.78. The number of para-hydroxylation sites is 2. The molecular weight excluding hydrogens is 306 g/mol. The second-order valence-corrected chi connectivity index (χ2v) is 5.39. The minimum atomic E-state index is -0.311. The van der Waals surface area contributed by atoms with E-state index in [-0.39, 0.29) is 18.0 Å². The molecule has 2 N–H and O–H groups in total. The zero-order chi connectivity index (χ0) is 16.5. The number of aromatic amines is 1. The van der Waals surface area contributed by atoms with Crippen LogP contribution in [0.5, 0.6) is 0 Å². The topological polar surface area (TPSA) is 92.7 Å². The van der Waals surface area contributed by atoms with Gasteiger partial charge in [-0.05, 0) is 30.3 Å². The lowest BCUT2D eigenvalue weighted by Crippen LogP contribution is -2.27. The molecule has 2 aromatic heterocycles. The van der Waals surface area contributed by atoms with Crippen molar-refractivity contribution in [2.45, 2.75) is 6.54 Å². The van der Waals surface area contributed by atoms with E-state index in [0.29, 0.717) is 16.7 Å². The van der Waals surface area contributed by atoms with Crippen molar-refractivity contribution in [3.8, 4) is 0 Å². The Balaban J connectivity index is 1.62. The Bertz CT molecular complexity index is 1110. The Labute approximate surface area is 136 Å². The lowest BCUT2D eigenvalue weighted by Gasteiger charge is -2.10. The molecule has 4 aromatic rings. The van der Waals surface area contributed by atoms with Crippen LogP contribution in [-0.2, 0) is 11.3 Å². The van der Waals surface area contributed by atoms with E-state index in [0.717, 1.165) is 10.9 Å². The van der Waals surface area contributed by atoms with Crippen LogP contribution >= 0.6 is 0 Å². The minimum Gasteiger partial charge on any atom is -0.325 e. The standard InChI is InChI=1S/C17H13N5O2/c23-16(20-12-5-6-13-11(7-12)8-19-21-13)10-22-15-4-2-1-3-14(15)18-9-17(22)24/h1-9H,10H2,(H,19,21)(H,20,23). The first kappa shape index (κ1) is 14.1. The predicted molar refractivity (Wildman–Crippen MR) is 90.7 cm³/mol. The first-order valence-electron chi connectivity index (χ1n) is 7.38. The summed E-state index contributed by atoms with van der Waals surface area (Å²) in [6.07, 6.45) is 2.92. The highest BCUT2D eigenvalue weighted by Crippen LogP contribution is 2.17. The molecule has 2 aromatic carbocycles. The summed E-state index contributed by atoms with van der Waals surface area (Å²) in [5.41, 5.74) is 2.54. The van der Waals surface area contributed by atoms with Crippen LogP contribution in [0.4, 0.5) is 5.69 Å². The summed E-state index contributed by atoms with van der Waals surface area (Å²) in [6.45, 7) is -0.0781. The van der Waals surface area contributed by atoms with Crippen molar-refractivity contribution < 1.29 is 4.79 Å². The molecule has 1 amide bonds. The van der Waals surface area contributed by atoms with Crippen LogP contribution in [0, 0.1) is 0 Å². The average molecular weight is 319 g/mol. The Kier molecular flexibility index (Phi) is 3.31. The van der Waals surface area contributed by atoms with Gasteiger partial charge in [-0.25, -0.2) is 4.98 Å². The Morgan fingerprint density at radius 3 is 2.96 bits per heavy atom. The Morgan fingerprint density at radius 1 is 1.17 bits per heavy atom. The molecule has 0 saturated heterocycles. The number of anilines is 1. The van der Waals surface area contributed by atoms with Crippen molar-refractivity contribution >= 4 is 33.5 Å². The number of hydrogen-bond acceptors (Lipinski definition) is 4. The predicted octanol–water partition coefficient (Wildman–Crippen LogP) is 1.91. The number of fused-ring (bicyclic) bond motifs is 2. The molecular formula is C17H13N5O2. The van der Waals surface area contributed by atoms with E-state index in [1.54, 1.807) is 24.4 Å². The lowest BCUT2D eigenvalue weighted by molar-refractivity contribution is -0.116.